The lowest BCUT2D eigenvalue weighted by atomic mass is 10.2. The number of amides is 1. The zero-order chi connectivity index (χ0) is 15.3. The molecule has 0 aliphatic heterocycles. The van der Waals surface area contributed by atoms with Crippen LogP contribution < -0.4 is 10.0 Å². The Bertz CT molecular complexity index is 630. The third-order valence-corrected chi connectivity index (χ3v) is 2.71. The molecule has 0 radical (unpaired) electrons. The summed E-state index contributed by atoms with van der Waals surface area (Å²) < 4.78 is 37.4. The van der Waals surface area contributed by atoms with Gasteiger partial charge in [-0.3, -0.25) is 14.3 Å². The smallest absolute Gasteiger partial charge is 0.303 e. The molecule has 1 aromatic rings. The molecule has 7 nitrogen and oxygen atoms in total. The Labute approximate surface area is 114 Å². The highest BCUT2D eigenvalue weighted by Crippen LogP contribution is 2.24. The number of nitrogens with one attached hydrogen (secondary N) is 2. The zero-order valence-electron chi connectivity index (χ0n) is 10.5. The SMILES string of the molecule is CS(=O)(=O)Nc1cc(F)ccc1NC(=O)CCC(=O)O. The van der Waals surface area contributed by atoms with Crippen LogP contribution in [0.15, 0.2) is 18.2 Å². The molecule has 0 heterocycles. The third kappa shape index (κ3) is 5.65. The molecule has 0 fully saturated rings. The molecule has 0 aliphatic rings. The lowest BCUT2D eigenvalue weighted by Gasteiger charge is -2.11. The first-order valence-corrected chi connectivity index (χ1v) is 7.35. The fraction of sp³-hybridized carbons (Fsp3) is 0.273. The van der Waals surface area contributed by atoms with Crippen LogP contribution in [0, 0.1) is 5.82 Å². The standard InChI is InChI=1S/C11H13FN2O5S/c1-20(18,19)14-9-6-7(12)2-3-8(9)13-10(15)4-5-11(16)17/h2-3,6,14H,4-5H2,1H3,(H,13,15)(H,16,17). The Morgan fingerprint density at radius 3 is 2.45 bits per heavy atom. The van der Waals surface area contributed by atoms with Crippen LogP contribution in [0.2, 0.25) is 0 Å². The van der Waals surface area contributed by atoms with Crippen molar-refractivity contribution in [3.8, 4) is 0 Å². The maximum Gasteiger partial charge on any atom is 0.303 e. The molecule has 0 bridgehead atoms. The molecular weight excluding hydrogens is 291 g/mol. The van der Waals surface area contributed by atoms with Gasteiger partial charge >= 0.3 is 5.97 Å². The fourth-order valence-electron chi connectivity index (χ4n) is 1.34. The van der Waals surface area contributed by atoms with E-state index in [0.29, 0.717) is 0 Å². The quantitative estimate of drug-likeness (QED) is 0.725. The monoisotopic (exact) mass is 304 g/mol. The Kier molecular flexibility index (Phi) is 5.03. The molecule has 110 valence electrons. The molecule has 1 aromatic carbocycles. The molecule has 0 atom stereocenters. The first-order chi connectivity index (χ1) is 9.17. The van der Waals surface area contributed by atoms with E-state index in [1.54, 1.807) is 0 Å². The average molecular weight is 304 g/mol. The number of hydrogen-bond acceptors (Lipinski definition) is 4. The molecule has 0 aromatic heterocycles. The van der Waals surface area contributed by atoms with Crippen LogP contribution >= 0.6 is 0 Å². The van der Waals surface area contributed by atoms with E-state index in [0.717, 1.165) is 18.4 Å². The summed E-state index contributed by atoms with van der Waals surface area (Å²) >= 11 is 0. The molecule has 9 heteroatoms. The summed E-state index contributed by atoms with van der Waals surface area (Å²) in [5.74, 6) is -2.43. The Hall–Kier alpha value is -2.16. The number of sulfonamides is 1. The number of benzene rings is 1. The van der Waals surface area contributed by atoms with Crippen molar-refractivity contribution in [2.24, 2.45) is 0 Å². The van der Waals surface area contributed by atoms with Crippen LogP contribution in [-0.2, 0) is 19.6 Å². The number of anilines is 2. The van der Waals surface area contributed by atoms with E-state index in [1.807, 2.05) is 0 Å². The summed E-state index contributed by atoms with van der Waals surface area (Å²) in [6.07, 6.45) is 0.251. The van der Waals surface area contributed by atoms with Crippen LogP contribution in [0.5, 0.6) is 0 Å². The van der Waals surface area contributed by atoms with Crippen molar-refractivity contribution < 1.29 is 27.5 Å². The van der Waals surface area contributed by atoms with E-state index in [9.17, 15) is 22.4 Å². The second-order valence-corrected chi connectivity index (χ2v) is 5.75. The summed E-state index contributed by atoms with van der Waals surface area (Å²) in [6, 6.07) is 3.13. The topological polar surface area (TPSA) is 113 Å². The Morgan fingerprint density at radius 1 is 1.25 bits per heavy atom. The van der Waals surface area contributed by atoms with Crippen molar-refractivity contribution in [3.05, 3.63) is 24.0 Å². The fourth-order valence-corrected chi connectivity index (χ4v) is 1.91. The van der Waals surface area contributed by atoms with Crippen molar-refractivity contribution in [1.82, 2.24) is 0 Å². The first-order valence-electron chi connectivity index (χ1n) is 5.46. The minimum Gasteiger partial charge on any atom is -0.481 e. The van der Waals surface area contributed by atoms with Gasteiger partial charge in [0.2, 0.25) is 15.9 Å². The average Bonchev–Trinajstić information content (AvgIpc) is 2.28. The maximum absolute atomic E-state index is 13.1. The van der Waals surface area contributed by atoms with Gasteiger partial charge in [-0.05, 0) is 12.1 Å². The lowest BCUT2D eigenvalue weighted by molar-refractivity contribution is -0.138. The minimum atomic E-state index is -3.64. The van der Waals surface area contributed by atoms with Gasteiger partial charge in [-0.15, -0.1) is 0 Å². The number of halogens is 1. The highest BCUT2D eigenvalue weighted by molar-refractivity contribution is 7.92. The van der Waals surface area contributed by atoms with Gasteiger partial charge in [0, 0.05) is 12.5 Å². The first kappa shape index (κ1) is 15.9. The molecular formula is C11H13FN2O5S. The summed E-state index contributed by atoms with van der Waals surface area (Å²) in [6.45, 7) is 0. The van der Waals surface area contributed by atoms with Gasteiger partial charge in [-0.2, -0.15) is 0 Å². The molecule has 20 heavy (non-hydrogen) atoms. The van der Waals surface area contributed by atoms with Crippen molar-refractivity contribution in [3.63, 3.8) is 0 Å². The van der Waals surface area contributed by atoms with E-state index in [2.05, 4.69) is 10.0 Å². The number of hydrogen-bond donors (Lipinski definition) is 3. The van der Waals surface area contributed by atoms with Crippen molar-refractivity contribution in [2.45, 2.75) is 12.8 Å². The second kappa shape index (κ2) is 6.33. The number of carbonyl (C=O) groups is 2. The van der Waals surface area contributed by atoms with Crippen LogP contribution in [0.3, 0.4) is 0 Å². The molecule has 1 rings (SSSR count). The van der Waals surface area contributed by atoms with Gasteiger partial charge in [0.15, 0.2) is 0 Å². The Balaban J connectivity index is 2.89. The largest absolute Gasteiger partial charge is 0.481 e. The van der Waals surface area contributed by atoms with Gasteiger partial charge in [-0.25, -0.2) is 12.8 Å². The van der Waals surface area contributed by atoms with Gasteiger partial charge in [-0.1, -0.05) is 0 Å². The van der Waals surface area contributed by atoms with Crippen molar-refractivity contribution >= 4 is 33.3 Å². The van der Waals surface area contributed by atoms with Gasteiger partial charge in [0.1, 0.15) is 5.82 Å². The van der Waals surface area contributed by atoms with E-state index in [4.69, 9.17) is 5.11 Å². The number of carboxylic acid groups (broad SMARTS) is 1. The van der Waals surface area contributed by atoms with Crippen molar-refractivity contribution in [2.75, 3.05) is 16.3 Å². The molecule has 0 aliphatic carbocycles. The predicted octanol–water partition coefficient (Wildman–Crippen LogP) is 1.00. The molecule has 0 saturated carbocycles. The summed E-state index contributed by atoms with van der Waals surface area (Å²) in [7, 11) is -3.64. The molecule has 0 saturated heterocycles. The van der Waals surface area contributed by atoms with Crippen LogP contribution in [0.4, 0.5) is 15.8 Å². The highest BCUT2D eigenvalue weighted by Gasteiger charge is 2.12. The van der Waals surface area contributed by atoms with E-state index < -0.39 is 27.7 Å². The van der Waals surface area contributed by atoms with E-state index in [-0.39, 0.29) is 24.2 Å². The number of aliphatic carboxylic acids is 1. The number of rotatable bonds is 6. The zero-order valence-corrected chi connectivity index (χ0v) is 11.3. The van der Waals surface area contributed by atoms with Crippen LogP contribution in [0.1, 0.15) is 12.8 Å². The van der Waals surface area contributed by atoms with Crippen LogP contribution in [-0.4, -0.2) is 31.7 Å². The number of carbonyl (C=O) groups excluding carboxylic acids is 1. The summed E-state index contributed by atoms with van der Waals surface area (Å²) in [5.41, 5.74) is -0.0802. The third-order valence-electron chi connectivity index (χ3n) is 2.12. The highest BCUT2D eigenvalue weighted by atomic mass is 32.2. The van der Waals surface area contributed by atoms with Crippen molar-refractivity contribution in [1.29, 1.82) is 0 Å². The molecule has 3 N–H and O–H groups in total. The predicted molar refractivity (Wildman–Crippen MR) is 70.4 cm³/mol. The lowest BCUT2D eigenvalue weighted by Crippen LogP contribution is -2.16. The second-order valence-electron chi connectivity index (χ2n) is 4.01. The molecule has 0 spiro atoms. The molecule has 0 unspecified atom stereocenters. The van der Waals surface area contributed by atoms with Gasteiger partial charge in [0.05, 0.1) is 24.1 Å². The van der Waals surface area contributed by atoms with Gasteiger partial charge in [0.25, 0.3) is 0 Å². The van der Waals surface area contributed by atoms with E-state index >= 15 is 0 Å². The minimum absolute atomic E-state index is 0.0483. The van der Waals surface area contributed by atoms with Crippen LogP contribution in [0.25, 0.3) is 0 Å². The Morgan fingerprint density at radius 2 is 1.90 bits per heavy atom. The van der Waals surface area contributed by atoms with E-state index in [1.165, 1.54) is 6.07 Å². The van der Waals surface area contributed by atoms with Gasteiger partial charge < -0.3 is 10.4 Å². The normalized spacial score (nSPS) is 10.9. The summed E-state index contributed by atoms with van der Waals surface area (Å²) in [4.78, 5) is 21.8. The summed E-state index contributed by atoms with van der Waals surface area (Å²) in [5, 5.41) is 10.8. The maximum atomic E-state index is 13.1. The molecule has 1 amide bonds. The number of carboxylic acids is 1.